The summed E-state index contributed by atoms with van der Waals surface area (Å²) in [6, 6.07) is 15.5. The Kier molecular flexibility index (Phi) is 4.71. The topological polar surface area (TPSA) is 67.3 Å². The number of aryl methyl sites for hydroxylation is 1. The highest BCUT2D eigenvalue weighted by Gasteiger charge is 2.26. The van der Waals surface area contributed by atoms with Crippen molar-refractivity contribution in [2.45, 2.75) is 25.8 Å². The molecule has 2 heterocycles. The minimum Gasteiger partial charge on any atom is -0.484 e. The molecule has 27 heavy (non-hydrogen) atoms. The molecule has 0 saturated carbocycles. The largest absolute Gasteiger partial charge is 0.484 e. The molecule has 140 valence electrons. The lowest BCUT2D eigenvalue weighted by Crippen LogP contribution is -2.42. The van der Waals surface area contributed by atoms with E-state index >= 15 is 0 Å². The number of amides is 1. The van der Waals surface area contributed by atoms with Crippen molar-refractivity contribution in [3.05, 3.63) is 64.6 Å². The molecule has 0 unspecified atom stereocenters. The van der Waals surface area contributed by atoms with Gasteiger partial charge in [-0.3, -0.25) is 9.36 Å². The maximum Gasteiger partial charge on any atom is 0.326 e. The molecule has 0 bridgehead atoms. The van der Waals surface area contributed by atoms with Crippen molar-refractivity contribution in [3.63, 3.8) is 0 Å². The molecule has 1 N–H and O–H groups in total. The molecule has 1 fully saturated rings. The van der Waals surface area contributed by atoms with Gasteiger partial charge < -0.3 is 14.6 Å². The van der Waals surface area contributed by atoms with E-state index in [-0.39, 0.29) is 24.2 Å². The minimum absolute atomic E-state index is 0.0111. The van der Waals surface area contributed by atoms with Crippen molar-refractivity contribution in [1.82, 2.24) is 14.5 Å². The van der Waals surface area contributed by atoms with Gasteiger partial charge in [0.15, 0.2) is 6.61 Å². The summed E-state index contributed by atoms with van der Waals surface area (Å²) in [4.78, 5) is 29.6. The first-order valence-corrected chi connectivity index (χ1v) is 9.29. The lowest BCUT2D eigenvalue weighted by molar-refractivity contribution is -0.134. The van der Waals surface area contributed by atoms with E-state index in [9.17, 15) is 9.59 Å². The summed E-state index contributed by atoms with van der Waals surface area (Å²) >= 11 is 0. The average Bonchev–Trinajstić information content (AvgIpc) is 3.03. The van der Waals surface area contributed by atoms with Crippen molar-refractivity contribution >= 4 is 16.9 Å². The molecule has 1 aliphatic rings. The van der Waals surface area contributed by atoms with Crippen molar-refractivity contribution in [2.75, 3.05) is 19.7 Å². The van der Waals surface area contributed by atoms with Crippen LogP contribution in [0.5, 0.6) is 5.75 Å². The van der Waals surface area contributed by atoms with Crippen LogP contribution in [-0.2, 0) is 4.79 Å². The number of carbonyl (C=O) groups excluding carboxylic acids is 1. The fourth-order valence-corrected chi connectivity index (χ4v) is 3.76. The lowest BCUT2D eigenvalue weighted by Gasteiger charge is -2.32. The minimum atomic E-state index is -0.0798. The maximum absolute atomic E-state index is 12.5. The third-order valence-corrected chi connectivity index (χ3v) is 5.25. The van der Waals surface area contributed by atoms with E-state index in [1.807, 2.05) is 64.9 Å². The molecule has 4 rings (SSSR count). The Hall–Kier alpha value is -3.02. The van der Waals surface area contributed by atoms with Crippen LogP contribution in [0.25, 0.3) is 11.0 Å². The van der Waals surface area contributed by atoms with Gasteiger partial charge in [-0.2, -0.15) is 0 Å². The van der Waals surface area contributed by atoms with Crippen LogP contribution in [0.1, 0.15) is 24.4 Å². The van der Waals surface area contributed by atoms with Crippen LogP contribution in [0.3, 0.4) is 0 Å². The van der Waals surface area contributed by atoms with Gasteiger partial charge >= 0.3 is 5.69 Å². The number of aromatic amines is 1. The molecule has 2 aromatic carbocycles. The number of imidazole rings is 1. The van der Waals surface area contributed by atoms with Crippen molar-refractivity contribution in [3.8, 4) is 5.75 Å². The van der Waals surface area contributed by atoms with Crippen molar-refractivity contribution in [1.29, 1.82) is 0 Å². The highest BCUT2D eigenvalue weighted by molar-refractivity contribution is 5.78. The number of nitrogens with zero attached hydrogens (tertiary/aromatic N) is 2. The number of H-pyrrole nitrogens is 1. The molecule has 6 nitrogen and oxygen atoms in total. The summed E-state index contributed by atoms with van der Waals surface area (Å²) < 4.78 is 7.51. The fourth-order valence-electron chi connectivity index (χ4n) is 3.76. The summed E-state index contributed by atoms with van der Waals surface area (Å²) in [6.07, 6.45) is 1.52. The maximum atomic E-state index is 12.5. The normalized spacial score (nSPS) is 15.2. The smallest absolute Gasteiger partial charge is 0.326 e. The monoisotopic (exact) mass is 365 g/mol. The Bertz CT molecular complexity index is 1010. The Morgan fingerprint density at radius 3 is 2.59 bits per heavy atom. The summed E-state index contributed by atoms with van der Waals surface area (Å²) in [6.45, 7) is 3.27. The van der Waals surface area contributed by atoms with Crippen LogP contribution in [0, 0.1) is 6.92 Å². The molecule has 1 aromatic heterocycles. The van der Waals surface area contributed by atoms with Crippen molar-refractivity contribution in [2.24, 2.45) is 0 Å². The second-order valence-electron chi connectivity index (χ2n) is 6.98. The number of hydrogen-bond acceptors (Lipinski definition) is 3. The predicted octanol–water partition coefficient (Wildman–Crippen LogP) is 2.88. The van der Waals surface area contributed by atoms with E-state index in [1.165, 1.54) is 0 Å². The number of carbonyl (C=O) groups is 1. The van der Waals surface area contributed by atoms with Gasteiger partial charge in [-0.05, 0) is 43.5 Å². The lowest BCUT2D eigenvalue weighted by atomic mass is 10.0. The van der Waals surface area contributed by atoms with E-state index in [2.05, 4.69) is 4.98 Å². The van der Waals surface area contributed by atoms with E-state index in [1.54, 1.807) is 0 Å². The zero-order valence-electron chi connectivity index (χ0n) is 15.4. The van der Waals surface area contributed by atoms with Crippen LogP contribution < -0.4 is 10.4 Å². The molecule has 0 radical (unpaired) electrons. The average molecular weight is 365 g/mol. The third-order valence-electron chi connectivity index (χ3n) is 5.25. The number of para-hydroxylation sites is 3. The molecule has 0 spiro atoms. The molecule has 0 aliphatic carbocycles. The van der Waals surface area contributed by atoms with Gasteiger partial charge in [0.2, 0.25) is 0 Å². The standard InChI is InChI=1S/C21H23N3O3/c1-15-6-2-5-9-19(15)27-14-20(25)23-12-10-16(11-13-23)24-18-8-4-3-7-17(18)22-21(24)26/h2-9,16H,10-14H2,1H3,(H,22,26). The SMILES string of the molecule is Cc1ccccc1OCC(=O)N1CCC(n2c(=O)[nH]c3ccccc32)CC1. The number of likely N-dealkylation sites (tertiary alicyclic amines) is 1. The number of piperidine rings is 1. The first-order chi connectivity index (χ1) is 13.1. The number of fused-ring (bicyclic) bond motifs is 1. The second-order valence-corrected chi connectivity index (χ2v) is 6.98. The van der Waals surface area contributed by atoms with Gasteiger partial charge in [0.25, 0.3) is 5.91 Å². The van der Waals surface area contributed by atoms with E-state index in [0.29, 0.717) is 13.1 Å². The Morgan fingerprint density at radius 1 is 1.11 bits per heavy atom. The molecule has 3 aromatic rings. The molecular weight excluding hydrogens is 342 g/mol. The highest BCUT2D eigenvalue weighted by Crippen LogP contribution is 2.25. The number of rotatable bonds is 4. The van der Waals surface area contributed by atoms with Gasteiger partial charge in [0, 0.05) is 19.1 Å². The van der Waals surface area contributed by atoms with Crippen LogP contribution in [0.4, 0.5) is 0 Å². The zero-order chi connectivity index (χ0) is 18.8. The van der Waals surface area contributed by atoms with Gasteiger partial charge in [-0.25, -0.2) is 4.79 Å². The Morgan fingerprint density at radius 2 is 1.81 bits per heavy atom. The van der Waals surface area contributed by atoms with Crippen LogP contribution >= 0.6 is 0 Å². The van der Waals surface area contributed by atoms with Gasteiger partial charge in [-0.15, -0.1) is 0 Å². The van der Waals surface area contributed by atoms with E-state index in [0.717, 1.165) is 35.2 Å². The van der Waals surface area contributed by atoms with E-state index in [4.69, 9.17) is 4.74 Å². The van der Waals surface area contributed by atoms with Crippen molar-refractivity contribution < 1.29 is 9.53 Å². The number of hydrogen-bond donors (Lipinski definition) is 1. The number of nitrogens with one attached hydrogen (secondary N) is 1. The van der Waals surface area contributed by atoms with Crippen LogP contribution in [-0.4, -0.2) is 40.1 Å². The third kappa shape index (κ3) is 3.47. The highest BCUT2D eigenvalue weighted by atomic mass is 16.5. The second kappa shape index (κ2) is 7.31. The molecule has 0 atom stereocenters. The quantitative estimate of drug-likeness (QED) is 0.773. The van der Waals surface area contributed by atoms with Gasteiger partial charge in [0.1, 0.15) is 5.75 Å². The summed E-state index contributed by atoms with van der Waals surface area (Å²) in [5, 5.41) is 0. The van der Waals surface area contributed by atoms with Crippen LogP contribution in [0.15, 0.2) is 53.3 Å². The predicted molar refractivity (Wildman–Crippen MR) is 104 cm³/mol. The molecule has 1 saturated heterocycles. The molecule has 1 amide bonds. The first kappa shape index (κ1) is 17.4. The van der Waals surface area contributed by atoms with E-state index < -0.39 is 0 Å². The van der Waals surface area contributed by atoms with Gasteiger partial charge in [-0.1, -0.05) is 30.3 Å². The van der Waals surface area contributed by atoms with Gasteiger partial charge in [0.05, 0.1) is 11.0 Å². The summed E-state index contributed by atoms with van der Waals surface area (Å²) in [7, 11) is 0. The molecule has 1 aliphatic heterocycles. The number of aromatic nitrogens is 2. The molecule has 6 heteroatoms. The fraction of sp³-hybridized carbons (Fsp3) is 0.333. The number of ether oxygens (including phenoxy) is 1. The summed E-state index contributed by atoms with van der Waals surface area (Å²) in [5.74, 6) is 0.731. The molecular formula is C21H23N3O3. The first-order valence-electron chi connectivity index (χ1n) is 9.29. The Labute approximate surface area is 157 Å². The summed E-state index contributed by atoms with van der Waals surface area (Å²) in [5.41, 5.74) is 2.72. The Balaban J connectivity index is 1.38. The van der Waals surface area contributed by atoms with Crippen LogP contribution in [0.2, 0.25) is 0 Å². The number of benzene rings is 2. The zero-order valence-corrected chi connectivity index (χ0v) is 15.4.